The summed E-state index contributed by atoms with van der Waals surface area (Å²) in [6, 6.07) is 5.47. The Hall–Kier alpha value is -0.610. The maximum Gasteiger partial charge on any atom is 0.0933 e. The number of methoxy groups -OCH3 is 1. The smallest absolute Gasteiger partial charge is 0.0933 e. The van der Waals surface area contributed by atoms with Gasteiger partial charge in [0.15, 0.2) is 0 Å². The van der Waals surface area contributed by atoms with Gasteiger partial charge in [-0.3, -0.25) is 0 Å². The Morgan fingerprint density at radius 1 is 1.33 bits per heavy atom. The summed E-state index contributed by atoms with van der Waals surface area (Å²) in [6.45, 7) is 0.761. The van der Waals surface area contributed by atoms with Crippen molar-refractivity contribution < 1.29 is 4.74 Å². The number of aromatic nitrogens is 1. The Bertz CT molecular complexity index is 527. The van der Waals surface area contributed by atoms with Gasteiger partial charge in [-0.05, 0) is 24.6 Å². The summed E-state index contributed by atoms with van der Waals surface area (Å²) in [5.41, 5.74) is 1.84. The van der Waals surface area contributed by atoms with E-state index in [1.54, 1.807) is 24.5 Å². The number of aryl methyl sites for hydroxylation is 1. The number of nitrogens with zero attached hydrogens (tertiary/aromatic N) is 1. The van der Waals surface area contributed by atoms with Crippen LogP contribution in [0.4, 0.5) is 0 Å². The Kier molecular flexibility index (Phi) is 5.01. The second-order valence-electron chi connectivity index (χ2n) is 3.85. The summed E-state index contributed by atoms with van der Waals surface area (Å²) in [7, 11) is 1.71. The molecule has 0 radical (unpaired) electrons. The van der Waals surface area contributed by atoms with Crippen molar-refractivity contribution in [3.8, 4) is 11.3 Å². The molecular weight excluding hydrogens is 289 g/mol. The number of benzene rings is 1. The maximum absolute atomic E-state index is 6.16. The minimum Gasteiger partial charge on any atom is -0.385 e. The van der Waals surface area contributed by atoms with E-state index in [1.807, 2.05) is 17.5 Å². The van der Waals surface area contributed by atoms with Crippen molar-refractivity contribution in [2.75, 3.05) is 13.7 Å². The Labute approximate surface area is 121 Å². The summed E-state index contributed by atoms with van der Waals surface area (Å²) < 4.78 is 5.03. The fourth-order valence-electron chi connectivity index (χ4n) is 1.61. The lowest BCUT2D eigenvalue weighted by Crippen LogP contribution is -1.92. The molecular formula is C13H13Cl2NOS. The standard InChI is InChI=1S/C13H13Cl2NOS/c1-17-6-2-3-13-16-12(8-18-13)10-5-4-9(14)7-11(10)15/h4-5,7-8H,2-3,6H2,1H3. The second kappa shape index (κ2) is 6.53. The SMILES string of the molecule is COCCCc1nc(-c2ccc(Cl)cc2Cl)cs1. The zero-order valence-electron chi connectivity index (χ0n) is 9.95. The third kappa shape index (κ3) is 3.45. The van der Waals surface area contributed by atoms with E-state index in [1.165, 1.54) is 0 Å². The van der Waals surface area contributed by atoms with Gasteiger partial charge in [0.2, 0.25) is 0 Å². The Morgan fingerprint density at radius 3 is 2.89 bits per heavy atom. The van der Waals surface area contributed by atoms with E-state index < -0.39 is 0 Å². The summed E-state index contributed by atoms with van der Waals surface area (Å²) in [4.78, 5) is 4.58. The molecule has 0 spiro atoms. The van der Waals surface area contributed by atoms with Crippen molar-refractivity contribution in [2.45, 2.75) is 12.8 Å². The first-order valence-electron chi connectivity index (χ1n) is 5.59. The summed E-state index contributed by atoms with van der Waals surface area (Å²) in [5, 5.41) is 4.40. The predicted octanol–water partition coefficient (Wildman–Crippen LogP) is 4.70. The van der Waals surface area contributed by atoms with Gasteiger partial charge in [-0.2, -0.15) is 0 Å². The fourth-order valence-corrected chi connectivity index (χ4v) is 2.96. The van der Waals surface area contributed by atoms with Gasteiger partial charge in [0.25, 0.3) is 0 Å². The van der Waals surface area contributed by atoms with Crippen LogP contribution in [0.25, 0.3) is 11.3 Å². The number of hydrogen-bond acceptors (Lipinski definition) is 3. The van der Waals surface area contributed by atoms with Gasteiger partial charge in [0.05, 0.1) is 15.7 Å². The molecule has 0 bridgehead atoms. The maximum atomic E-state index is 6.16. The molecule has 0 saturated carbocycles. The fraction of sp³-hybridized carbons (Fsp3) is 0.308. The molecule has 18 heavy (non-hydrogen) atoms. The first kappa shape index (κ1) is 13.8. The summed E-state index contributed by atoms with van der Waals surface area (Å²) >= 11 is 13.7. The zero-order valence-corrected chi connectivity index (χ0v) is 12.3. The molecule has 2 nitrogen and oxygen atoms in total. The van der Waals surface area contributed by atoms with E-state index >= 15 is 0 Å². The lowest BCUT2D eigenvalue weighted by Gasteiger charge is -2.01. The molecule has 0 aliphatic heterocycles. The number of rotatable bonds is 5. The Balaban J connectivity index is 2.13. The first-order valence-corrected chi connectivity index (χ1v) is 7.23. The minimum absolute atomic E-state index is 0.635. The van der Waals surface area contributed by atoms with E-state index in [2.05, 4.69) is 4.98 Å². The highest BCUT2D eigenvalue weighted by Gasteiger charge is 2.08. The third-order valence-electron chi connectivity index (χ3n) is 2.50. The third-order valence-corrected chi connectivity index (χ3v) is 3.95. The molecule has 0 N–H and O–H groups in total. The van der Waals surface area contributed by atoms with Gasteiger partial charge in [-0.15, -0.1) is 11.3 Å². The molecule has 0 atom stereocenters. The average Bonchev–Trinajstić information content (AvgIpc) is 2.78. The van der Waals surface area contributed by atoms with Gasteiger partial charge in [-0.1, -0.05) is 23.2 Å². The van der Waals surface area contributed by atoms with Crippen LogP contribution >= 0.6 is 34.5 Å². The van der Waals surface area contributed by atoms with Crippen LogP contribution in [-0.4, -0.2) is 18.7 Å². The molecule has 2 aromatic rings. The van der Waals surface area contributed by atoms with Crippen molar-refractivity contribution in [3.05, 3.63) is 38.6 Å². The molecule has 96 valence electrons. The van der Waals surface area contributed by atoms with Gasteiger partial charge >= 0.3 is 0 Å². The van der Waals surface area contributed by atoms with E-state index in [9.17, 15) is 0 Å². The lowest BCUT2D eigenvalue weighted by atomic mass is 10.2. The zero-order chi connectivity index (χ0) is 13.0. The highest BCUT2D eigenvalue weighted by molar-refractivity contribution is 7.09. The Morgan fingerprint density at radius 2 is 2.17 bits per heavy atom. The van der Waals surface area contributed by atoms with Crippen LogP contribution in [0.1, 0.15) is 11.4 Å². The second-order valence-corrected chi connectivity index (χ2v) is 5.63. The largest absolute Gasteiger partial charge is 0.385 e. The van der Waals surface area contributed by atoms with Crippen molar-refractivity contribution in [2.24, 2.45) is 0 Å². The molecule has 1 aromatic heterocycles. The van der Waals surface area contributed by atoms with Crippen LogP contribution in [0.2, 0.25) is 10.0 Å². The van der Waals surface area contributed by atoms with Crippen molar-refractivity contribution in [1.82, 2.24) is 4.98 Å². The van der Waals surface area contributed by atoms with Gasteiger partial charge < -0.3 is 4.74 Å². The van der Waals surface area contributed by atoms with Crippen LogP contribution in [0.15, 0.2) is 23.6 Å². The monoisotopic (exact) mass is 301 g/mol. The van der Waals surface area contributed by atoms with Crippen LogP contribution < -0.4 is 0 Å². The lowest BCUT2D eigenvalue weighted by molar-refractivity contribution is 0.195. The van der Waals surface area contributed by atoms with E-state index in [-0.39, 0.29) is 0 Å². The van der Waals surface area contributed by atoms with E-state index in [0.717, 1.165) is 35.7 Å². The van der Waals surface area contributed by atoms with Crippen molar-refractivity contribution in [1.29, 1.82) is 0 Å². The highest BCUT2D eigenvalue weighted by atomic mass is 35.5. The quantitative estimate of drug-likeness (QED) is 0.747. The number of ether oxygens (including phenoxy) is 1. The van der Waals surface area contributed by atoms with Crippen LogP contribution in [-0.2, 0) is 11.2 Å². The topological polar surface area (TPSA) is 22.1 Å². The van der Waals surface area contributed by atoms with E-state index in [4.69, 9.17) is 27.9 Å². The molecule has 0 fully saturated rings. The minimum atomic E-state index is 0.635. The average molecular weight is 302 g/mol. The predicted molar refractivity (Wildman–Crippen MR) is 77.8 cm³/mol. The van der Waals surface area contributed by atoms with Crippen LogP contribution in [0.5, 0.6) is 0 Å². The van der Waals surface area contributed by atoms with E-state index in [0.29, 0.717) is 10.0 Å². The molecule has 2 rings (SSSR count). The van der Waals surface area contributed by atoms with Gasteiger partial charge in [0.1, 0.15) is 0 Å². The molecule has 0 unspecified atom stereocenters. The molecule has 1 heterocycles. The summed E-state index contributed by atoms with van der Waals surface area (Å²) in [5.74, 6) is 0. The number of thiazole rings is 1. The molecule has 0 aliphatic rings. The van der Waals surface area contributed by atoms with Gasteiger partial charge in [0, 0.05) is 36.1 Å². The molecule has 0 amide bonds. The van der Waals surface area contributed by atoms with Crippen molar-refractivity contribution >= 4 is 34.5 Å². The molecule has 1 aromatic carbocycles. The molecule has 0 aliphatic carbocycles. The molecule has 5 heteroatoms. The first-order chi connectivity index (χ1) is 8.70. The summed E-state index contributed by atoms with van der Waals surface area (Å²) in [6.07, 6.45) is 1.92. The normalized spacial score (nSPS) is 10.8. The van der Waals surface area contributed by atoms with Crippen molar-refractivity contribution in [3.63, 3.8) is 0 Å². The highest BCUT2D eigenvalue weighted by Crippen LogP contribution is 2.31. The van der Waals surface area contributed by atoms with Crippen LogP contribution in [0, 0.1) is 0 Å². The number of hydrogen-bond donors (Lipinski definition) is 0. The number of halogens is 2. The van der Waals surface area contributed by atoms with Gasteiger partial charge in [-0.25, -0.2) is 4.98 Å². The molecule has 0 saturated heterocycles. The van der Waals surface area contributed by atoms with Crippen LogP contribution in [0.3, 0.4) is 0 Å².